The minimum Gasteiger partial charge on any atom is -0.490 e. The number of hydrogen-bond acceptors (Lipinski definition) is 9. The largest absolute Gasteiger partial charge is 0.490 e. The van der Waals surface area contributed by atoms with Crippen molar-refractivity contribution < 1.29 is 43.5 Å². The van der Waals surface area contributed by atoms with Gasteiger partial charge in [-0.05, 0) is 73.6 Å². The molecule has 2 N–H and O–H groups in total. The van der Waals surface area contributed by atoms with E-state index in [0.717, 1.165) is 74.6 Å². The van der Waals surface area contributed by atoms with Crippen molar-refractivity contribution in [3.63, 3.8) is 0 Å². The molecule has 0 aromatic heterocycles. The minimum atomic E-state index is -1.02. The van der Waals surface area contributed by atoms with Crippen LogP contribution >= 0.6 is 0 Å². The Balaban J connectivity index is 1.61. The van der Waals surface area contributed by atoms with E-state index in [1.54, 1.807) is 0 Å². The summed E-state index contributed by atoms with van der Waals surface area (Å²) in [7, 11) is 0. The fraction of sp³-hybridized carbons (Fsp3) is 0.333. The summed E-state index contributed by atoms with van der Waals surface area (Å²) in [5.41, 5.74) is 6.75. The number of aliphatic hydroxyl groups is 2. The van der Waals surface area contributed by atoms with Gasteiger partial charge in [0.25, 0.3) is 0 Å². The second kappa shape index (κ2) is 15.8. The monoisotopic (exact) mass is 694 g/mol. The summed E-state index contributed by atoms with van der Waals surface area (Å²) in [4.78, 5) is 22.9. The van der Waals surface area contributed by atoms with Crippen molar-refractivity contribution in [3.8, 4) is 17.2 Å². The van der Waals surface area contributed by atoms with E-state index in [0.29, 0.717) is 11.5 Å². The van der Waals surface area contributed by atoms with Crippen molar-refractivity contribution >= 4 is 11.9 Å². The molecule has 0 bridgehead atoms. The Morgan fingerprint density at radius 3 is 1.76 bits per heavy atom. The lowest BCUT2D eigenvalue weighted by Crippen LogP contribution is -2.38. The topological polar surface area (TPSA) is 121 Å². The maximum absolute atomic E-state index is 11.5. The predicted molar refractivity (Wildman–Crippen MR) is 194 cm³/mol. The van der Waals surface area contributed by atoms with E-state index in [1.807, 2.05) is 45.9 Å². The van der Waals surface area contributed by atoms with Crippen LogP contribution in [0.5, 0.6) is 17.2 Å². The van der Waals surface area contributed by atoms with Gasteiger partial charge < -0.3 is 33.9 Å². The first-order valence-electron chi connectivity index (χ1n) is 17.0. The highest BCUT2D eigenvalue weighted by atomic mass is 16.6. The lowest BCUT2D eigenvalue weighted by Gasteiger charge is -2.45. The van der Waals surface area contributed by atoms with Gasteiger partial charge in [-0.15, -0.1) is 0 Å². The fourth-order valence-corrected chi connectivity index (χ4v) is 6.95. The average Bonchev–Trinajstić information content (AvgIpc) is 3.11. The van der Waals surface area contributed by atoms with Gasteiger partial charge in [0.15, 0.2) is 0 Å². The number of fused-ring (bicyclic) bond motifs is 1. The third-order valence-corrected chi connectivity index (χ3v) is 9.20. The molecule has 9 nitrogen and oxygen atoms in total. The molecule has 3 unspecified atom stereocenters. The molecule has 3 aromatic carbocycles. The van der Waals surface area contributed by atoms with Gasteiger partial charge in [-0.2, -0.15) is 0 Å². The Bertz CT molecular complexity index is 1750. The predicted octanol–water partition coefficient (Wildman–Crippen LogP) is 6.43. The Morgan fingerprint density at radius 2 is 1.29 bits per heavy atom. The van der Waals surface area contributed by atoms with Crippen molar-refractivity contribution in [1.82, 2.24) is 0 Å². The lowest BCUT2D eigenvalue weighted by molar-refractivity contribution is -0.142. The van der Waals surface area contributed by atoms with E-state index in [2.05, 4.69) is 62.6 Å². The number of rotatable bonds is 14. The van der Waals surface area contributed by atoms with Crippen LogP contribution in [0, 0.1) is 33.6 Å². The molecule has 0 radical (unpaired) electrons. The first kappa shape index (κ1) is 37.1. The zero-order chi connectivity index (χ0) is 36.9. The summed E-state index contributed by atoms with van der Waals surface area (Å²) in [5.74, 6) is 1.89. The summed E-state index contributed by atoms with van der Waals surface area (Å²) in [6.07, 6.45) is 5.29. The molecule has 3 aromatic rings. The highest BCUT2D eigenvalue weighted by molar-refractivity contribution is 5.81. The Labute approximate surface area is 299 Å². The molecule has 1 heterocycles. The molecule has 268 valence electrons. The maximum Gasteiger partial charge on any atom is 0.330 e. The molecule has 5 rings (SSSR count). The summed E-state index contributed by atoms with van der Waals surface area (Å²) in [6.45, 7) is 16.3. The van der Waals surface area contributed by atoms with Gasteiger partial charge in [0.1, 0.15) is 61.6 Å². The summed E-state index contributed by atoms with van der Waals surface area (Å²) < 4.78 is 28.9. The molecule has 2 aliphatic rings. The molecule has 3 atom stereocenters. The Hall–Kier alpha value is -5.12. The van der Waals surface area contributed by atoms with Crippen molar-refractivity contribution in [2.24, 2.45) is 5.92 Å². The molecule has 0 saturated heterocycles. The van der Waals surface area contributed by atoms with Crippen LogP contribution in [0.15, 0.2) is 97.3 Å². The van der Waals surface area contributed by atoms with E-state index < -0.39 is 29.6 Å². The maximum atomic E-state index is 11.5. The quantitative estimate of drug-likeness (QED) is 0.145. The van der Waals surface area contributed by atoms with Gasteiger partial charge >= 0.3 is 11.9 Å². The zero-order valence-electron chi connectivity index (χ0n) is 29.9. The Morgan fingerprint density at radius 1 is 0.824 bits per heavy atom. The SMILES string of the molecule is C=CC(=O)OCC(O)COc1c(C)cc(C2(c3cc(C)c(OCC(O)COC(=O)C=C)c(C)c3)C3=C(Oc4ccccc42)C(C)CC=C3)cc1C. The minimum absolute atomic E-state index is 0.0615. The first-order valence-corrected chi connectivity index (χ1v) is 17.0. The molecule has 1 aliphatic carbocycles. The molecule has 0 spiro atoms. The number of aryl methyl sites for hydroxylation is 4. The van der Waals surface area contributed by atoms with Crippen LogP contribution in [0.4, 0.5) is 0 Å². The van der Waals surface area contributed by atoms with Crippen molar-refractivity contribution in [3.05, 3.63) is 136 Å². The normalized spacial score (nSPS) is 18.8. The van der Waals surface area contributed by atoms with Crippen LogP contribution in [0.2, 0.25) is 0 Å². The Kier molecular flexibility index (Phi) is 11.5. The van der Waals surface area contributed by atoms with E-state index in [4.69, 9.17) is 23.7 Å². The van der Waals surface area contributed by atoms with Crippen molar-refractivity contribution in [2.45, 2.75) is 58.7 Å². The van der Waals surface area contributed by atoms with Gasteiger partial charge in [0.2, 0.25) is 0 Å². The van der Waals surface area contributed by atoms with E-state index >= 15 is 0 Å². The number of esters is 2. The second-order valence-electron chi connectivity index (χ2n) is 13.1. The van der Waals surface area contributed by atoms with Crippen LogP contribution in [-0.4, -0.2) is 60.8 Å². The number of allylic oxidation sites excluding steroid dienone is 4. The van der Waals surface area contributed by atoms with Crippen LogP contribution in [0.1, 0.15) is 52.3 Å². The standard InChI is InChI=1S/C42H46O9/c1-8-37(45)47-21-32(43)23-49-39-26(4)17-30(18-27(39)5)42(34-14-10-11-16-36(34)51-41-25(3)13-12-15-35(41)42)31-19-28(6)40(29(7)20-31)50-24-33(44)22-48-38(46)9-2/h8-12,14-20,25,32-33,43-44H,1-2,13,21-24H2,3-7H3. The van der Waals surface area contributed by atoms with E-state index in [1.165, 1.54) is 0 Å². The molecule has 1 aliphatic heterocycles. The number of carbonyl (C=O) groups is 2. The van der Waals surface area contributed by atoms with E-state index in [9.17, 15) is 19.8 Å². The lowest BCUT2D eigenvalue weighted by atomic mass is 9.61. The highest BCUT2D eigenvalue weighted by Crippen LogP contribution is 2.56. The van der Waals surface area contributed by atoms with Crippen LogP contribution in [-0.2, 0) is 24.5 Å². The number of carbonyl (C=O) groups excluding carboxylic acids is 2. The third-order valence-electron chi connectivity index (χ3n) is 9.20. The molecule has 0 amide bonds. The smallest absolute Gasteiger partial charge is 0.330 e. The summed E-state index contributed by atoms with van der Waals surface area (Å²) in [5, 5.41) is 20.9. The van der Waals surface area contributed by atoms with Gasteiger partial charge in [0, 0.05) is 29.2 Å². The molecular weight excluding hydrogens is 648 g/mol. The number of aliphatic hydroxyl groups excluding tert-OH is 2. The summed E-state index contributed by atoms with van der Waals surface area (Å²) >= 11 is 0. The number of para-hydroxylation sites is 1. The highest BCUT2D eigenvalue weighted by Gasteiger charge is 2.48. The van der Waals surface area contributed by atoms with Crippen molar-refractivity contribution in [1.29, 1.82) is 0 Å². The van der Waals surface area contributed by atoms with Crippen LogP contribution in [0.25, 0.3) is 0 Å². The fourth-order valence-electron chi connectivity index (χ4n) is 6.95. The molecule has 0 fully saturated rings. The van der Waals surface area contributed by atoms with Gasteiger partial charge in [-0.3, -0.25) is 0 Å². The van der Waals surface area contributed by atoms with E-state index in [-0.39, 0.29) is 32.3 Å². The molecule has 9 heteroatoms. The van der Waals surface area contributed by atoms with Gasteiger partial charge in [0.05, 0.1) is 5.41 Å². The molecule has 0 saturated carbocycles. The number of ether oxygens (including phenoxy) is 5. The molecular formula is C42H46O9. The second-order valence-corrected chi connectivity index (χ2v) is 13.1. The number of benzene rings is 3. The van der Waals surface area contributed by atoms with Crippen LogP contribution < -0.4 is 14.2 Å². The van der Waals surface area contributed by atoms with Crippen molar-refractivity contribution in [2.75, 3.05) is 26.4 Å². The van der Waals surface area contributed by atoms with Gasteiger partial charge in [-0.1, -0.05) is 74.7 Å². The van der Waals surface area contributed by atoms with Crippen LogP contribution in [0.3, 0.4) is 0 Å². The number of hydrogen-bond donors (Lipinski definition) is 2. The first-order chi connectivity index (χ1) is 24.4. The summed E-state index contributed by atoms with van der Waals surface area (Å²) in [6, 6.07) is 16.6. The molecule has 51 heavy (non-hydrogen) atoms. The van der Waals surface area contributed by atoms with Gasteiger partial charge in [-0.25, -0.2) is 9.59 Å². The third kappa shape index (κ3) is 7.65. The zero-order valence-corrected chi connectivity index (χ0v) is 29.9. The average molecular weight is 695 g/mol.